The Morgan fingerprint density at radius 3 is 2.64 bits per heavy atom. The van der Waals surface area contributed by atoms with Crippen LogP contribution in [-0.2, 0) is 16.6 Å². The summed E-state index contributed by atoms with van der Waals surface area (Å²) >= 11 is 0. The fraction of sp³-hybridized carbons (Fsp3) is 0.188. The fourth-order valence-corrected chi connectivity index (χ4v) is 3.75. The average Bonchev–Trinajstić information content (AvgIpc) is 3.01. The molecule has 0 fully saturated rings. The minimum Gasteiger partial charge on any atom is -0.443 e. The lowest BCUT2D eigenvalue weighted by Crippen LogP contribution is -2.30. The predicted octanol–water partition coefficient (Wildman–Crippen LogP) is 3.04. The van der Waals surface area contributed by atoms with E-state index in [9.17, 15) is 8.42 Å². The molecule has 5 nitrogen and oxygen atoms in total. The van der Waals surface area contributed by atoms with Crippen LogP contribution in [0.2, 0.25) is 0 Å². The highest BCUT2D eigenvalue weighted by Crippen LogP contribution is 2.22. The first-order valence-corrected chi connectivity index (χ1v) is 8.42. The number of nitrogens with zero attached hydrogens (tertiary/aromatic N) is 2. The van der Waals surface area contributed by atoms with E-state index in [1.165, 1.54) is 16.8 Å². The zero-order valence-electron chi connectivity index (χ0n) is 12.1. The van der Waals surface area contributed by atoms with Gasteiger partial charge in [-0.1, -0.05) is 37.3 Å². The number of fused-ring (bicyclic) bond motifs is 1. The van der Waals surface area contributed by atoms with Crippen molar-refractivity contribution in [2.75, 3.05) is 6.54 Å². The van der Waals surface area contributed by atoms with Gasteiger partial charge in [-0.15, -0.1) is 0 Å². The lowest BCUT2D eigenvalue weighted by atomic mass is 10.2. The second kappa shape index (κ2) is 5.90. The molecule has 0 aliphatic heterocycles. The molecule has 0 aliphatic rings. The van der Waals surface area contributed by atoms with Crippen molar-refractivity contribution in [3.8, 4) is 0 Å². The van der Waals surface area contributed by atoms with Gasteiger partial charge in [0.15, 0.2) is 12.0 Å². The molecule has 0 saturated heterocycles. The van der Waals surface area contributed by atoms with Gasteiger partial charge in [0, 0.05) is 19.2 Å². The van der Waals surface area contributed by atoms with E-state index >= 15 is 0 Å². The maximum absolute atomic E-state index is 12.8. The van der Waals surface area contributed by atoms with Crippen LogP contribution in [-0.4, -0.2) is 24.3 Å². The summed E-state index contributed by atoms with van der Waals surface area (Å²) in [5, 5.41) is 0. The number of rotatable bonds is 5. The number of aromatic nitrogens is 1. The van der Waals surface area contributed by atoms with Gasteiger partial charge in [0.05, 0.1) is 4.90 Å². The number of sulfonamides is 1. The Labute approximate surface area is 129 Å². The minimum atomic E-state index is -3.57. The molecule has 1 aromatic heterocycles. The molecule has 2 aromatic carbocycles. The van der Waals surface area contributed by atoms with E-state index in [1.807, 2.05) is 37.3 Å². The van der Waals surface area contributed by atoms with Crippen LogP contribution in [0.4, 0.5) is 0 Å². The summed E-state index contributed by atoms with van der Waals surface area (Å²) in [6.07, 6.45) is 1.31. The quantitative estimate of drug-likeness (QED) is 0.726. The molecular weight excluding hydrogens is 300 g/mol. The van der Waals surface area contributed by atoms with Crippen LogP contribution in [0.15, 0.2) is 64.2 Å². The van der Waals surface area contributed by atoms with Crippen molar-refractivity contribution in [2.24, 2.45) is 0 Å². The third-order valence-corrected chi connectivity index (χ3v) is 5.41. The summed E-state index contributed by atoms with van der Waals surface area (Å²) in [4.78, 5) is 4.22. The Morgan fingerprint density at radius 1 is 1.14 bits per heavy atom. The van der Waals surface area contributed by atoms with Crippen LogP contribution in [0.5, 0.6) is 0 Å². The van der Waals surface area contributed by atoms with Gasteiger partial charge in [-0.25, -0.2) is 13.4 Å². The SMILES string of the molecule is CCN(Cc1ccccc1)S(=O)(=O)c1ccc2ncoc2c1. The Morgan fingerprint density at radius 2 is 1.91 bits per heavy atom. The molecule has 3 aromatic rings. The molecule has 0 spiro atoms. The molecular formula is C16H16N2O3S. The van der Waals surface area contributed by atoms with Gasteiger partial charge in [-0.05, 0) is 17.7 Å². The van der Waals surface area contributed by atoms with Crippen molar-refractivity contribution in [3.63, 3.8) is 0 Å². The third kappa shape index (κ3) is 2.75. The lowest BCUT2D eigenvalue weighted by Gasteiger charge is -2.20. The summed E-state index contributed by atoms with van der Waals surface area (Å²) in [5.74, 6) is 0. The van der Waals surface area contributed by atoms with E-state index in [2.05, 4.69) is 4.98 Å². The first-order chi connectivity index (χ1) is 10.6. The molecule has 114 valence electrons. The molecule has 0 N–H and O–H groups in total. The van der Waals surface area contributed by atoms with Crippen LogP contribution in [0.3, 0.4) is 0 Å². The van der Waals surface area contributed by atoms with Crippen molar-refractivity contribution >= 4 is 21.1 Å². The second-order valence-electron chi connectivity index (χ2n) is 4.90. The molecule has 0 amide bonds. The van der Waals surface area contributed by atoms with Gasteiger partial charge < -0.3 is 4.42 Å². The van der Waals surface area contributed by atoms with Gasteiger partial charge in [-0.2, -0.15) is 4.31 Å². The largest absolute Gasteiger partial charge is 0.443 e. The molecule has 0 unspecified atom stereocenters. The van der Waals surface area contributed by atoms with E-state index in [0.717, 1.165) is 5.56 Å². The first-order valence-electron chi connectivity index (χ1n) is 6.98. The van der Waals surface area contributed by atoms with Gasteiger partial charge in [0.25, 0.3) is 0 Å². The van der Waals surface area contributed by atoms with Gasteiger partial charge in [0.1, 0.15) is 5.52 Å². The van der Waals surface area contributed by atoms with Crippen molar-refractivity contribution in [1.29, 1.82) is 0 Å². The van der Waals surface area contributed by atoms with Crippen molar-refractivity contribution in [2.45, 2.75) is 18.4 Å². The summed E-state index contributed by atoms with van der Waals surface area (Å²) in [6, 6.07) is 14.3. The average molecular weight is 316 g/mol. The molecule has 0 bridgehead atoms. The summed E-state index contributed by atoms with van der Waals surface area (Å²) in [6.45, 7) is 2.56. The van der Waals surface area contributed by atoms with E-state index in [0.29, 0.717) is 24.2 Å². The molecule has 3 rings (SSSR count). The monoisotopic (exact) mass is 316 g/mol. The van der Waals surface area contributed by atoms with Gasteiger partial charge >= 0.3 is 0 Å². The predicted molar refractivity (Wildman–Crippen MR) is 83.7 cm³/mol. The van der Waals surface area contributed by atoms with Crippen LogP contribution in [0.25, 0.3) is 11.1 Å². The van der Waals surface area contributed by atoms with Crippen LogP contribution >= 0.6 is 0 Å². The zero-order chi connectivity index (χ0) is 15.6. The highest BCUT2D eigenvalue weighted by atomic mass is 32.2. The van der Waals surface area contributed by atoms with E-state index in [4.69, 9.17) is 4.42 Å². The van der Waals surface area contributed by atoms with Crippen molar-refractivity contribution in [1.82, 2.24) is 9.29 Å². The number of hydrogen-bond donors (Lipinski definition) is 0. The second-order valence-corrected chi connectivity index (χ2v) is 6.84. The Kier molecular flexibility index (Phi) is 3.96. The van der Waals surface area contributed by atoms with Gasteiger partial charge in [-0.3, -0.25) is 0 Å². The molecule has 1 heterocycles. The molecule has 0 radical (unpaired) electrons. The summed E-state index contributed by atoms with van der Waals surface area (Å²) in [7, 11) is -3.57. The van der Waals surface area contributed by atoms with Crippen LogP contribution in [0.1, 0.15) is 12.5 Å². The van der Waals surface area contributed by atoms with Crippen LogP contribution in [0, 0.1) is 0 Å². The molecule has 22 heavy (non-hydrogen) atoms. The third-order valence-electron chi connectivity index (χ3n) is 3.49. The van der Waals surface area contributed by atoms with Gasteiger partial charge in [0.2, 0.25) is 10.0 Å². The Balaban J connectivity index is 1.95. The summed E-state index contributed by atoms with van der Waals surface area (Å²) < 4.78 is 32.2. The maximum atomic E-state index is 12.8. The fourth-order valence-electron chi connectivity index (χ4n) is 2.30. The lowest BCUT2D eigenvalue weighted by molar-refractivity contribution is 0.423. The molecule has 6 heteroatoms. The first kappa shape index (κ1) is 14.7. The molecule has 0 atom stereocenters. The Hall–Kier alpha value is -2.18. The van der Waals surface area contributed by atoms with Crippen molar-refractivity contribution in [3.05, 3.63) is 60.5 Å². The maximum Gasteiger partial charge on any atom is 0.243 e. The van der Waals surface area contributed by atoms with E-state index in [-0.39, 0.29) is 4.90 Å². The molecule has 0 aliphatic carbocycles. The number of benzene rings is 2. The zero-order valence-corrected chi connectivity index (χ0v) is 13.0. The number of oxazole rings is 1. The topological polar surface area (TPSA) is 63.4 Å². The van der Waals surface area contributed by atoms with E-state index < -0.39 is 10.0 Å². The van der Waals surface area contributed by atoms with Crippen LogP contribution < -0.4 is 0 Å². The smallest absolute Gasteiger partial charge is 0.243 e. The normalized spacial score (nSPS) is 12.1. The summed E-state index contributed by atoms with van der Waals surface area (Å²) in [5.41, 5.74) is 2.07. The minimum absolute atomic E-state index is 0.217. The standard InChI is InChI=1S/C16H16N2O3S/c1-2-18(11-13-6-4-3-5-7-13)22(19,20)14-8-9-15-16(10-14)21-12-17-15/h3-10,12H,2,11H2,1H3. The highest BCUT2D eigenvalue weighted by molar-refractivity contribution is 7.89. The molecule has 0 saturated carbocycles. The van der Waals surface area contributed by atoms with E-state index in [1.54, 1.807) is 12.1 Å². The van der Waals surface area contributed by atoms with Crippen molar-refractivity contribution < 1.29 is 12.8 Å². The Bertz CT molecular complexity index is 873. The number of hydrogen-bond acceptors (Lipinski definition) is 4. The highest BCUT2D eigenvalue weighted by Gasteiger charge is 2.24.